The van der Waals surface area contributed by atoms with Crippen molar-refractivity contribution in [3.63, 3.8) is 0 Å². The number of hydrogen-bond acceptors (Lipinski definition) is 8. The fraction of sp³-hybridized carbons (Fsp3) is 0.217. The molecule has 10 heteroatoms. The Morgan fingerprint density at radius 1 is 1.15 bits per heavy atom. The van der Waals surface area contributed by atoms with E-state index in [2.05, 4.69) is 41.2 Å². The standard InChI is InChI=1S/C23H21N5O2S3/c1-4-28-20(14-7-5-6-8-16(14)30-3)26-27-23(28)32-12-18-24-21(29)19-15(11-31-22(19)25-18)17-10-9-13(2)33-17/h5-11H,4,12H2,1-3H3,(H,24,25,29). The molecule has 0 bridgehead atoms. The van der Waals surface area contributed by atoms with Gasteiger partial charge < -0.3 is 14.3 Å². The lowest BCUT2D eigenvalue weighted by Gasteiger charge is -2.10. The second-order valence-corrected chi connectivity index (χ2v) is 10.4. The molecule has 0 unspecified atom stereocenters. The number of aryl methyl sites for hydroxylation is 1. The highest BCUT2D eigenvalue weighted by atomic mass is 32.2. The highest BCUT2D eigenvalue weighted by Gasteiger charge is 2.18. The van der Waals surface area contributed by atoms with Crippen LogP contribution in [0.15, 0.2) is 51.7 Å². The number of para-hydroxylation sites is 1. The molecule has 5 aromatic rings. The number of hydrogen-bond donors (Lipinski definition) is 1. The second kappa shape index (κ2) is 9.12. The maximum absolute atomic E-state index is 12.9. The molecule has 0 aliphatic rings. The summed E-state index contributed by atoms with van der Waals surface area (Å²) >= 11 is 4.68. The molecule has 5 rings (SSSR count). The van der Waals surface area contributed by atoms with Gasteiger partial charge in [-0.05, 0) is 38.1 Å². The molecule has 0 fully saturated rings. The predicted octanol–water partition coefficient (Wildman–Crippen LogP) is 5.60. The van der Waals surface area contributed by atoms with E-state index in [1.807, 2.05) is 34.2 Å². The molecule has 1 aromatic carbocycles. The largest absolute Gasteiger partial charge is 0.496 e. The van der Waals surface area contributed by atoms with Crippen molar-refractivity contribution in [1.29, 1.82) is 0 Å². The smallest absolute Gasteiger partial charge is 0.260 e. The minimum Gasteiger partial charge on any atom is -0.496 e. The minimum absolute atomic E-state index is 0.107. The van der Waals surface area contributed by atoms with Crippen LogP contribution in [0.1, 0.15) is 17.6 Å². The molecule has 33 heavy (non-hydrogen) atoms. The molecule has 0 radical (unpaired) electrons. The number of fused-ring (bicyclic) bond motifs is 1. The Morgan fingerprint density at radius 2 is 2.00 bits per heavy atom. The van der Waals surface area contributed by atoms with Gasteiger partial charge in [-0.25, -0.2) is 4.98 Å². The molecule has 0 atom stereocenters. The molecule has 168 valence electrons. The first kappa shape index (κ1) is 21.9. The summed E-state index contributed by atoms with van der Waals surface area (Å²) in [6.45, 7) is 4.83. The van der Waals surface area contributed by atoms with Crippen LogP contribution in [-0.2, 0) is 12.3 Å². The highest BCUT2D eigenvalue weighted by Crippen LogP contribution is 2.35. The lowest BCUT2D eigenvalue weighted by atomic mass is 10.2. The average Bonchev–Trinajstić information content (AvgIpc) is 3.55. The maximum atomic E-state index is 12.9. The lowest BCUT2D eigenvalue weighted by Crippen LogP contribution is -2.11. The highest BCUT2D eigenvalue weighted by molar-refractivity contribution is 7.98. The molecule has 0 aliphatic heterocycles. The molecule has 0 aliphatic carbocycles. The number of thiophene rings is 2. The van der Waals surface area contributed by atoms with Gasteiger partial charge in [-0.15, -0.1) is 32.9 Å². The Balaban J connectivity index is 1.43. The van der Waals surface area contributed by atoms with Crippen molar-refractivity contribution < 1.29 is 4.74 Å². The van der Waals surface area contributed by atoms with Crippen molar-refractivity contribution in [2.24, 2.45) is 0 Å². The van der Waals surface area contributed by atoms with Crippen LogP contribution < -0.4 is 10.3 Å². The third-order valence-electron chi connectivity index (χ3n) is 5.22. The Labute approximate surface area is 202 Å². The van der Waals surface area contributed by atoms with Crippen LogP contribution in [0.2, 0.25) is 0 Å². The van der Waals surface area contributed by atoms with Crippen LogP contribution in [0, 0.1) is 6.92 Å². The predicted molar refractivity (Wildman–Crippen MR) is 136 cm³/mol. The van der Waals surface area contributed by atoms with Gasteiger partial charge in [0, 0.05) is 27.2 Å². The summed E-state index contributed by atoms with van der Waals surface area (Å²) in [6, 6.07) is 11.9. The number of H-pyrrole nitrogens is 1. The van der Waals surface area contributed by atoms with Crippen molar-refractivity contribution >= 4 is 44.7 Å². The zero-order valence-electron chi connectivity index (χ0n) is 18.3. The molecule has 4 aromatic heterocycles. The molecule has 0 spiro atoms. The zero-order valence-corrected chi connectivity index (χ0v) is 20.7. The Hall–Kier alpha value is -2.95. The summed E-state index contributed by atoms with van der Waals surface area (Å²) in [4.78, 5) is 23.7. The number of rotatable bonds is 7. The van der Waals surface area contributed by atoms with E-state index in [1.54, 1.807) is 18.4 Å². The number of nitrogens with one attached hydrogen (secondary N) is 1. The fourth-order valence-corrected chi connectivity index (χ4v) is 6.46. The number of nitrogens with zero attached hydrogens (tertiary/aromatic N) is 4. The molecule has 1 N–H and O–H groups in total. The van der Waals surface area contributed by atoms with Crippen molar-refractivity contribution in [2.75, 3.05) is 7.11 Å². The van der Waals surface area contributed by atoms with E-state index in [0.29, 0.717) is 23.5 Å². The topological polar surface area (TPSA) is 85.7 Å². The van der Waals surface area contributed by atoms with Gasteiger partial charge in [-0.3, -0.25) is 4.79 Å². The molecule has 0 saturated heterocycles. The Morgan fingerprint density at radius 3 is 2.76 bits per heavy atom. The van der Waals surface area contributed by atoms with E-state index >= 15 is 0 Å². The monoisotopic (exact) mass is 495 g/mol. The summed E-state index contributed by atoms with van der Waals surface area (Å²) in [6.07, 6.45) is 0. The van der Waals surface area contributed by atoms with Gasteiger partial charge in [0.1, 0.15) is 16.4 Å². The van der Waals surface area contributed by atoms with Gasteiger partial charge in [-0.1, -0.05) is 23.9 Å². The second-order valence-electron chi connectivity index (χ2n) is 7.29. The van der Waals surface area contributed by atoms with Crippen LogP contribution in [0.4, 0.5) is 0 Å². The van der Waals surface area contributed by atoms with Crippen molar-refractivity contribution in [1.82, 2.24) is 24.7 Å². The average molecular weight is 496 g/mol. The third-order valence-corrected chi connectivity index (χ3v) is 8.10. The molecular weight excluding hydrogens is 474 g/mol. The minimum atomic E-state index is -0.107. The van der Waals surface area contributed by atoms with Gasteiger partial charge in [0.15, 0.2) is 11.0 Å². The van der Waals surface area contributed by atoms with E-state index in [9.17, 15) is 4.79 Å². The normalized spacial score (nSPS) is 11.4. The van der Waals surface area contributed by atoms with Crippen LogP contribution >= 0.6 is 34.4 Å². The van der Waals surface area contributed by atoms with Crippen LogP contribution in [0.5, 0.6) is 5.75 Å². The number of benzene rings is 1. The number of methoxy groups -OCH3 is 1. The molecule has 0 saturated carbocycles. The fourth-order valence-electron chi connectivity index (χ4n) is 3.66. The van der Waals surface area contributed by atoms with E-state index in [4.69, 9.17) is 9.72 Å². The summed E-state index contributed by atoms with van der Waals surface area (Å²) < 4.78 is 7.53. The Bertz CT molecular complexity index is 1500. The van der Waals surface area contributed by atoms with E-state index in [0.717, 1.165) is 37.6 Å². The van der Waals surface area contributed by atoms with Crippen molar-refractivity contribution in [2.45, 2.75) is 31.3 Å². The number of aromatic nitrogens is 5. The number of aromatic amines is 1. The first-order valence-corrected chi connectivity index (χ1v) is 13.0. The van der Waals surface area contributed by atoms with E-state index in [1.165, 1.54) is 28.0 Å². The van der Waals surface area contributed by atoms with Gasteiger partial charge >= 0.3 is 0 Å². The van der Waals surface area contributed by atoms with E-state index < -0.39 is 0 Å². The third kappa shape index (κ3) is 4.09. The summed E-state index contributed by atoms with van der Waals surface area (Å²) in [7, 11) is 1.65. The quantitative estimate of drug-likeness (QED) is 0.296. The van der Waals surface area contributed by atoms with Crippen LogP contribution in [0.3, 0.4) is 0 Å². The van der Waals surface area contributed by atoms with Gasteiger partial charge in [0.25, 0.3) is 5.56 Å². The lowest BCUT2D eigenvalue weighted by molar-refractivity contribution is 0.416. The number of thioether (sulfide) groups is 1. The first-order valence-electron chi connectivity index (χ1n) is 10.4. The van der Waals surface area contributed by atoms with E-state index in [-0.39, 0.29) is 5.56 Å². The number of ether oxygens (including phenoxy) is 1. The van der Waals surface area contributed by atoms with Gasteiger partial charge in [0.2, 0.25) is 0 Å². The SMILES string of the molecule is CCn1c(SCc2nc3scc(-c4ccc(C)s4)c3c(=O)[nH]2)nnc1-c1ccccc1OC. The first-order chi connectivity index (χ1) is 16.1. The molecule has 0 amide bonds. The molecular formula is C23H21N5O2S3. The van der Waals surface area contributed by atoms with Gasteiger partial charge in [0.05, 0.1) is 23.8 Å². The summed E-state index contributed by atoms with van der Waals surface area (Å²) in [5.41, 5.74) is 1.74. The Kier molecular flexibility index (Phi) is 6.05. The molecule has 7 nitrogen and oxygen atoms in total. The zero-order chi connectivity index (χ0) is 22.9. The van der Waals surface area contributed by atoms with Crippen LogP contribution in [-0.4, -0.2) is 31.8 Å². The maximum Gasteiger partial charge on any atom is 0.260 e. The van der Waals surface area contributed by atoms with Crippen molar-refractivity contribution in [3.8, 4) is 27.6 Å². The summed E-state index contributed by atoms with van der Waals surface area (Å²) in [5, 5.41) is 12.2. The van der Waals surface area contributed by atoms with Crippen LogP contribution in [0.25, 0.3) is 32.0 Å². The summed E-state index contributed by atoms with van der Waals surface area (Å²) in [5.74, 6) is 2.61. The van der Waals surface area contributed by atoms with Gasteiger partial charge in [-0.2, -0.15) is 0 Å². The van der Waals surface area contributed by atoms with Crippen molar-refractivity contribution in [3.05, 3.63) is 62.8 Å². The molecule has 4 heterocycles.